The standard InChI is InChI=1S/C19H19N5/c1-12-5-4-6-16(9-12)18-11-17(20-19-21-22-23-24(18)19)15-8-7-13(2)14(3)10-15/h4-11,18H,1-3H3,(H,20,21,23)/t18-/m1/s1. The number of tetrazole rings is 1. The highest BCUT2D eigenvalue weighted by Crippen LogP contribution is 2.32. The van der Waals surface area contributed by atoms with Crippen molar-refractivity contribution in [1.82, 2.24) is 20.2 Å². The Hall–Kier alpha value is -2.95. The Morgan fingerprint density at radius 1 is 1.00 bits per heavy atom. The van der Waals surface area contributed by atoms with Gasteiger partial charge in [0.25, 0.3) is 0 Å². The largest absolute Gasteiger partial charge is 0.323 e. The van der Waals surface area contributed by atoms with Crippen molar-refractivity contribution in [2.45, 2.75) is 26.8 Å². The Kier molecular flexibility index (Phi) is 3.41. The monoisotopic (exact) mass is 317 g/mol. The van der Waals surface area contributed by atoms with Crippen LogP contribution < -0.4 is 5.32 Å². The molecule has 0 fully saturated rings. The molecule has 0 saturated carbocycles. The second-order valence-corrected chi connectivity index (χ2v) is 6.31. The Balaban J connectivity index is 1.82. The van der Waals surface area contributed by atoms with Gasteiger partial charge in [-0.2, -0.15) is 4.68 Å². The van der Waals surface area contributed by atoms with E-state index in [0.717, 1.165) is 11.3 Å². The molecule has 3 aromatic rings. The van der Waals surface area contributed by atoms with Gasteiger partial charge in [0.1, 0.15) is 6.04 Å². The molecule has 5 nitrogen and oxygen atoms in total. The van der Waals surface area contributed by atoms with Crippen LogP contribution >= 0.6 is 0 Å². The van der Waals surface area contributed by atoms with Crippen LogP contribution in [-0.4, -0.2) is 20.2 Å². The first-order valence-corrected chi connectivity index (χ1v) is 8.03. The number of anilines is 1. The molecule has 24 heavy (non-hydrogen) atoms. The van der Waals surface area contributed by atoms with Crippen LogP contribution in [0.4, 0.5) is 5.95 Å². The number of rotatable bonds is 2. The molecular weight excluding hydrogens is 298 g/mol. The zero-order valence-electron chi connectivity index (χ0n) is 14.0. The average molecular weight is 317 g/mol. The van der Waals surface area contributed by atoms with E-state index in [2.05, 4.69) is 90.2 Å². The van der Waals surface area contributed by atoms with Crippen molar-refractivity contribution < 1.29 is 0 Å². The molecular formula is C19H19N5. The lowest BCUT2D eigenvalue weighted by atomic mass is 9.98. The summed E-state index contributed by atoms with van der Waals surface area (Å²) in [6.45, 7) is 6.35. The fourth-order valence-corrected chi connectivity index (χ4v) is 3.02. The van der Waals surface area contributed by atoms with Crippen LogP contribution in [0.5, 0.6) is 0 Å². The lowest BCUT2D eigenvalue weighted by molar-refractivity contribution is 0.585. The van der Waals surface area contributed by atoms with Crippen LogP contribution in [0.15, 0.2) is 48.5 Å². The molecule has 0 amide bonds. The quantitative estimate of drug-likeness (QED) is 0.784. The molecule has 120 valence electrons. The van der Waals surface area contributed by atoms with Gasteiger partial charge >= 0.3 is 0 Å². The van der Waals surface area contributed by atoms with Gasteiger partial charge in [-0.1, -0.05) is 47.1 Å². The average Bonchev–Trinajstić information content (AvgIpc) is 3.05. The van der Waals surface area contributed by atoms with E-state index in [-0.39, 0.29) is 6.04 Å². The first kappa shape index (κ1) is 14.6. The molecule has 0 bridgehead atoms. The lowest BCUT2D eigenvalue weighted by Gasteiger charge is -2.24. The van der Waals surface area contributed by atoms with Gasteiger partial charge in [-0.25, -0.2) is 0 Å². The summed E-state index contributed by atoms with van der Waals surface area (Å²) in [5, 5.41) is 15.4. The summed E-state index contributed by atoms with van der Waals surface area (Å²) in [6, 6.07) is 14.9. The third kappa shape index (κ3) is 2.48. The van der Waals surface area contributed by atoms with E-state index in [0.29, 0.717) is 5.95 Å². The molecule has 0 aliphatic carbocycles. The Labute approximate surface area is 141 Å². The molecule has 0 spiro atoms. The molecule has 1 aromatic heterocycles. The van der Waals surface area contributed by atoms with E-state index in [9.17, 15) is 0 Å². The zero-order chi connectivity index (χ0) is 16.7. The highest BCUT2D eigenvalue weighted by atomic mass is 15.6. The molecule has 1 aliphatic rings. The highest BCUT2D eigenvalue weighted by Gasteiger charge is 2.24. The molecule has 0 unspecified atom stereocenters. The molecule has 0 radical (unpaired) electrons. The van der Waals surface area contributed by atoms with Crippen molar-refractivity contribution in [3.8, 4) is 0 Å². The fraction of sp³-hybridized carbons (Fsp3) is 0.211. The third-order valence-electron chi connectivity index (χ3n) is 4.53. The van der Waals surface area contributed by atoms with Crippen molar-refractivity contribution in [3.05, 3.63) is 76.4 Å². The predicted octanol–water partition coefficient (Wildman–Crippen LogP) is 3.65. The van der Waals surface area contributed by atoms with E-state index in [1.807, 2.05) is 4.68 Å². The Morgan fingerprint density at radius 3 is 2.67 bits per heavy atom. The fourth-order valence-electron chi connectivity index (χ4n) is 3.02. The van der Waals surface area contributed by atoms with Gasteiger partial charge in [-0.3, -0.25) is 0 Å². The summed E-state index contributed by atoms with van der Waals surface area (Å²) >= 11 is 0. The molecule has 1 aliphatic heterocycles. The zero-order valence-corrected chi connectivity index (χ0v) is 14.0. The van der Waals surface area contributed by atoms with E-state index in [1.54, 1.807) is 0 Å². The number of allylic oxidation sites excluding steroid dienone is 1. The number of hydrogen-bond donors (Lipinski definition) is 1. The van der Waals surface area contributed by atoms with Crippen molar-refractivity contribution in [2.24, 2.45) is 0 Å². The minimum absolute atomic E-state index is 0.0206. The predicted molar refractivity (Wildman–Crippen MR) is 94.7 cm³/mol. The molecule has 2 heterocycles. The summed E-state index contributed by atoms with van der Waals surface area (Å²) in [6.07, 6.45) is 2.18. The smallest absolute Gasteiger partial charge is 0.248 e. The third-order valence-corrected chi connectivity index (χ3v) is 4.53. The summed E-state index contributed by atoms with van der Waals surface area (Å²) in [5.41, 5.74) is 7.13. The van der Waals surface area contributed by atoms with Crippen LogP contribution in [0.3, 0.4) is 0 Å². The van der Waals surface area contributed by atoms with Crippen LogP contribution in [-0.2, 0) is 0 Å². The van der Waals surface area contributed by atoms with Gasteiger partial charge in [0.2, 0.25) is 5.95 Å². The van der Waals surface area contributed by atoms with Gasteiger partial charge in [-0.05, 0) is 65.6 Å². The van der Waals surface area contributed by atoms with Gasteiger partial charge < -0.3 is 5.32 Å². The van der Waals surface area contributed by atoms with Crippen LogP contribution in [0, 0.1) is 20.8 Å². The van der Waals surface area contributed by atoms with Gasteiger partial charge in [0.15, 0.2) is 0 Å². The Bertz CT molecular complexity index is 938. The number of benzene rings is 2. The van der Waals surface area contributed by atoms with Crippen molar-refractivity contribution >= 4 is 11.6 Å². The summed E-state index contributed by atoms with van der Waals surface area (Å²) in [4.78, 5) is 0. The van der Waals surface area contributed by atoms with Gasteiger partial charge in [-0.15, -0.1) is 0 Å². The Morgan fingerprint density at radius 2 is 1.88 bits per heavy atom. The highest BCUT2D eigenvalue weighted by molar-refractivity contribution is 5.77. The summed E-state index contributed by atoms with van der Waals surface area (Å²) in [5.74, 6) is 0.664. The SMILES string of the molecule is Cc1cccc([C@H]2C=C(c3ccc(C)c(C)c3)Nc3nnnn32)c1. The van der Waals surface area contributed by atoms with Gasteiger partial charge in [0.05, 0.1) is 0 Å². The van der Waals surface area contributed by atoms with E-state index >= 15 is 0 Å². The first-order valence-electron chi connectivity index (χ1n) is 8.03. The van der Waals surface area contributed by atoms with Crippen LogP contribution in [0.1, 0.15) is 33.9 Å². The van der Waals surface area contributed by atoms with E-state index in [4.69, 9.17) is 0 Å². The first-order chi connectivity index (χ1) is 11.6. The second-order valence-electron chi connectivity index (χ2n) is 6.31. The molecule has 5 heteroatoms. The molecule has 4 rings (SSSR count). The van der Waals surface area contributed by atoms with E-state index < -0.39 is 0 Å². The topological polar surface area (TPSA) is 55.6 Å². The number of nitrogens with zero attached hydrogens (tertiary/aromatic N) is 4. The number of hydrogen-bond acceptors (Lipinski definition) is 4. The van der Waals surface area contributed by atoms with Gasteiger partial charge in [0, 0.05) is 5.70 Å². The molecule has 1 N–H and O–H groups in total. The van der Waals surface area contributed by atoms with Crippen LogP contribution in [0.2, 0.25) is 0 Å². The summed E-state index contributed by atoms with van der Waals surface area (Å²) in [7, 11) is 0. The van der Waals surface area contributed by atoms with Crippen molar-refractivity contribution in [3.63, 3.8) is 0 Å². The second kappa shape index (κ2) is 5.60. The van der Waals surface area contributed by atoms with Crippen LogP contribution in [0.25, 0.3) is 5.70 Å². The maximum atomic E-state index is 4.15. The summed E-state index contributed by atoms with van der Waals surface area (Å²) < 4.78 is 1.82. The normalized spacial score (nSPS) is 16.3. The van der Waals surface area contributed by atoms with E-state index in [1.165, 1.54) is 22.3 Å². The minimum Gasteiger partial charge on any atom is -0.323 e. The van der Waals surface area contributed by atoms with Crippen molar-refractivity contribution in [1.29, 1.82) is 0 Å². The molecule has 1 atom stereocenters. The molecule has 2 aromatic carbocycles. The maximum absolute atomic E-state index is 4.15. The number of aryl methyl sites for hydroxylation is 3. The number of fused-ring (bicyclic) bond motifs is 1. The lowest BCUT2D eigenvalue weighted by Crippen LogP contribution is -2.20. The maximum Gasteiger partial charge on any atom is 0.248 e. The minimum atomic E-state index is -0.0206. The molecule has 0 saturated heterocycles. The van der Waals surface area contributed by atoms with Crippen molar-refractivity contribution in [2.75, 3.05) is 5.32 Å². The number of aromatic nitrogens is 4. The number of nitrogens with one attached hydrogen (secondary N) is 1.